The Kier molecular flexibility index (Phi) is 7.23. The summed E-state index contributed by atoms with van der Waals surface area (Å²) in [4.78, 5) is 18.9. The Morgan fingerprint density at radius 3 is 2.63 bits per heavy atom. The molecule has 7 nitrogen and oxygen atoms in total. The van der Waals surface area contributed by atoms with E-state index in [0.717, 1.165) is 17.7 Å². The minimum Gasteiger partial charge on any atom is -0.491 e. The molecule has 0 saturated carbocycles. The van der Waals surface area contributed by atoms with Gasteiger partial charge in [0.15, 0.2) is 0 Å². The van der Waals surface area contributed by atoms with Gasteiger partial charge < -0.3 is 19.7 Å². The van der Waals surface area contributed by atoms with E-state index < -0.39 is 30.5 Å². The molecule has 0 aliphatic carbocycles. The van der Waals surface area contributed by atoms with Gasteiger partial charge in [-0.15, -0.1) is 0 Å². The first-order chi connectivity index (χ1) is 16.7. The molecule has 10 heteroatoms. The molecule has 1 aliphatic rings. The fraction of sp³-hybridized carbons (Fsp3) is 0.280. The van der Waals surface area contributed by atoms with E-state index in [-0.39, 0.29) is 17.9 Å². The van der Waals surface area contributed by atoms with E-state index >= 15 is 0 Å². The van der Waals surface area contributed by atoms with Crippen LogP contribution in [0.4, 0.5) is 23.8 Å². The standard InChI is InChI=1S/C25H23F3N2O5/c26-25(27,28)18-6-1-4-17(12-18)22-10-9-16-5-3-11-30(23(16)29-22)24(33)35-21-8-2-7-20(13-21)34-15-19(32)14-31/h1-2,4,6-10,12-13,19,31-32H,3,5,11,14-15H2. The Hall–Kier alpha value is -3.63. The number of anilines is 1. The van der Waals surface area contributed by atoms with Crippen molar-refractivity contribution in [2.75, 3.05) is 24.7 Å². The third kappa shape index (κ3) is 5.90. The van der Waals surface area contributed by atoms with Crippen LogP contribution in [0.2, 0.25) is 0 Å². The van der Waals surface area contributed by atoms with Crippen molar-refractivity contribution in [3.63, 3.8) is 0 Å². The van der Waals surface area contributed by atoms with E-state index in [1.165, 1.54) is 23.1 Å². The number of aliphatic hydroxyl groups is 2. The molecule has 2 heterocycles. The summed E-state index contributed by atoms with van der Waals surface area (Å²) in [6.45, 7) is -0.238. The third-order valence-corrected chi connectivity index (χ3v) is 5.41. The highest BCUT2D eigenvalue weighted by molar-refractivity contribution is 5.90. The number of ether oxygens (including phenoxy) is 2. The van der Waals surface area contributed by atoms with Crippen LogP contribution < -0.4 is 14.4 Å². The lowest BCUT2D eigenvalue weighted by atomic mass is 10.0. The van der Waals surface area contributed by atoms with Gasteiger partial charge in [0.25, 0.3) is 0 Å². The van der Waals surface area contributed by atoms with E-state index in [4.69, 9.17) is 14.6 Å². The maximum atomic E-state index is 13.1. The number of carbonyl (C=O) groups is 1. The van der Waals surface area contributed by atoms with Crippen LogP contribution in [0, 0.1) is 0 Å². The number of benzene rings is 2. The number of hydrogen-bond donors (Lipinski definition) is 2. The normalized spacial score (nSPS) is 14.3. The van der Waals surface area contributed by atoms with Crippen molar-refractivity contribution in [2.24, 2.45) is 0 Å². The number of aryl methyl sites for hydroxylation is 1. The number of aliphatic hydroxyl groups excluding tert-OH is 2. The van der Waals surface area contributed by atoms with Gasteiger partial charge in [0.05, 0.1) is 17.9 Å². The fourth-order valence-electron chi connectivity index (χ4n) is 3.66. The molecular weight excluding hydrogens is 465 g/mol. The van der Waals surface area contributed by atoms with Crippen molar-refractivity contribution in [1.29, 1.82) is 0 Å². The molecule has 1 amide bonds. The number of carbonyl (C=O) groups excluding carboxylic acids is 1. The summed E-state index contributed by atoms with van der Waals surface area (Å²) < 4.78 is 50.3. The summed E-state index contributed by atoms with van der Waals surface area (Å²) in [5.41, 5.74) is 0.613. The van der Waals surface area contributed by atoms with Gasteiger partial charge in [-0.2, -0.15) is 13.2 Å². The van der Waals surface area contributed by atoms with Gasteiger partial charge in [0.2, 0.25) is 0 Å². The van der Waals surface area contributed by atoms with Crippen LogP contribution in [-0.2, 0) is 12.6 Å². The number of nitrogens with zero attached hydrogens (tertiary/aromatic N) is 2. The fourth-order valence-corrected chi connectivity index (χ4v) is 3.66. The van der Waals surface area contributed by atoms with Crippen molar-refractivity contribution in [2.45, 2.75) is 25.1 Å². The summed E-state index contributed by atoms with van der Waals surface area (Å²) >= 11 is 0. The maximum absolute atomic E-state index is 13.1. The van der Waals surface area contributed by atoms with Crippen LogP contribution in [0.25, 0.3) is 11.3 Å². The predicted molar refractivity (Wildman–Crippen MR) is 121 cm³/mol. The van der Waals surface area contributed by atoms with Gasteiger partial charge in [-0.05, 0) is 48.7 Å². The number of aromatic nitrogens is 1. The summed E-state index contributed by atoms with van der Waals surface area (Å²) in [6, 6.07) is 14.5. The van der Waals surface area contributed by atoms with Crippen LogP contribution >= 0.6 is 0 Å². The van der Waals surface area contributed by atoms with Gasteiger partial charge in [0, 0.05) is 18.2 Å². The Morgan fingerprint density at radius 1 is 1.09 bits per heavy atom. The average molecular weight is 488 g/mol. The highest BCUT2D eigenvalue weighted by atomic mass is 19.4. The second kappa shape index (κ2) is 10.3. The van der Waals surface area contributed by atoms with Crippen molar-refractivity contribution in [3.8, 4) is 22.8 Å². The lowest BCUT2D eigenvalue weighted by Gasteiger charge is -2.28. The average Bonchev–Trinajstić information content (AvgIpc) is 2.86. The molecule has 184 valence electrons. The lowest BCUT2D eigenvalue weighted by molar-refractivity contribution is -0.137. The summed E-state index contributed by atoms with van der Waals surface area (Å²) in [6.07, 6.45) is -4.86. The number of halogens is 3. The molecule has 1 unspecified atom stereocenters. The molecule has 2 N–H and O–H groups in total. The second-order valence-corrected chi connectivity index (χ2v) is 8.00. The Morgan fingerprint density at radius 2 is 1.86 bits per heavy atom. The van der Waals surface area contributed by atoms with Gasteiger partial charge >= 0.3 is 12.3 Å². The first-order valence-electron chi connectivity index (χ1n) is 10.9. The maximum Gasteiger partial charge on any atom is 0.420 e. The minimum atomic E-state index is -4.48. The zero-order valence-electron chi connectivity index (χ0n) is 18.5. The smallest absolute Gasteiger partial charge is 0.420 e. The number of amides is 1. The van der Waals surface area contributed by atoms with Crippen LogP contribution in [0.3, 0.4) is 0 Å². The van der Waals surface area contributed by atoms with Gasteiger partial charge in [-0.25, -0.2) is 9.78 Å². The van der Waals surface area contributed by atoms with Crippen molar-refractivity contribution in [3.05, 3.63) is 71.8 Å². The minimum absolute atomic E-state index is 0.129. The van der Waals surface area contributed by atoms with Gasteiger partial charge in [-0.1, -0.05) is 24.3 Å². The highest BCUT2D eigenvalue weighted by Crippen LogP contribution is 2.34. The number of rotatable bonds is 6. The molecule has 0 bridgehead atoms. The monoisotopic (exact) mass is 488 g/mol. The number of fused-ring (bicyclic) bond motifs is 1. The topological polar surface area (TPSA) is 92.1 Å². The number of alkyl halides is 3. The van der Waals surface area contributed by atoms with Gasteiger partial charge in [-0.3, -0.25) is 4.90 Å². The number of hydrogen-bond acceptors (Lipinski definition) is 6. The Balaban J connectivity index is 1.55. The molecule has 3 aromatic rings. The summed E-state index contributed by atoms with van der Waals surface area (Å²) in [7, 11) is 0. The first-order valence-corrected chi connectivity index (χ1v) is 10.9. The molecule has 1 aromatic heterocycles. The largest absolute Gasteiger partial charge is 0.491 e. The summed E-state index contributed by atoms with van der Waals surface area (Å²) in [5, 5.41) is 18.3. The van der Waals surface area contributed by atoms with E-state index in [1.807, 2.05) is 0 Å². The van der Waals surface area contributed by atoms with Crippen molar-refractivity contribution < 1.29 is 37.7 Å². The quantitative estimate of drug-likeness (QED) is 0.533. The van der Waals surface area contributed by atoms with Crippen LogP contribution in [0.1, 0.15) is 17.5 Å². The van der Waals surface area contributed by atoms with Crippen molar-refractivity contribution >= 4 is 11.9 Å². The molecule has 0 saturated heterocycles. The van der Waals surface area contributed by atoms with E-state index in [0.29, 0.717) is 36.6 Å². The van der Waals surface area contributed by atoms with Crippen LogP contribution in [-0.4, -0.2) is 47.2 Å². The Bertz CT molecular complexity index is 1200. The SMILES string of the molecule is O=C(Oc1cccc(OCC(O)CO)c1)N1CCCc2ccc(-c3cccc(C(F)(F)F)c3)nc21. The molecule has 0 radical (unpaired) electrons. The van der Waals surface area contributed by atoms with Gasteiger partial charge in [0.1, 0.15) is 30.0 Å². The second-order valence-electron chi connectivity index (χ2n) is 8.00. The molecule has 2 aromatic carbocycles. The van der Waals surface area contributed by atoms with Crippen LogP contribution in [0.15, 0.2) is 60.7 Å². The Labute approximate surface area is 199 Å². The third-order valence-electron chi connectivity index (χ3n) is 5.41. The zero-order valence-corrected chi connectivity index (χ0v) is 18.5. The summed E-state index contributed by atoms with van der Waals surface area (Å²) in [5.74, 6) is 0.883. The highest BCUT2D eigenvalue weighted by Gasteiger charge is 2.31. The predicted octanol–water partition coefficient (Wildman–Crippen LogP) is 4.45. The molecule has 0 spiro atoms. The van der Waals surface area contributed by atoms with E-state index in [2.05, 4.69) is 4.98 Å². The number of pyridine rings is 1. The molecule has 0 fully saturated rings. The van der Waals surface area contributed by atoms with E-state index in [1.54, 1.807) is 30.3 Å². The molecule has 35 heavy (non-hydrogen) atoms. The van der Waals surface area contributed by atoms with Crippen LogP contribution in [0.5, 0.6) is 11.5 Å². The molecule has 1 aliphatic heterocycles. The van der Waals surface area contributed by atoms with E-state index in [9.17, 15) is 23.1 Å². The zero-order chi connectivity index (χ0) is 25.0. The molecule has 4 rings (SSSR count). The van der Waals surface area contributed by atoms with Crippen molar-refractivity contribution in [1.82, 2.24) is 4.98 Å². The molecule has 1 atom stereocenters. The first kappa shape index (κ1) is 24.5. The lowest BCUT2D eigenvalue weighted by Crippen LogP contribution is -2.38. The molecular formula is C25H23F3N2O5.